The van der Waals surface area contributed by atoms with E-state index < -0.39 is 6.04 Å². The Morgan fingerprint density at radius 1 is 1.24 bits per heavy atom. The summed E-state index contributed by atoms with van der Waals surface area (Å²) in [5.74, 6) is -0.655. The third-order valence-corrected chi connectivity index (χ3v) is 6.86. The number of carbonyl (C=O) groups excluding carboxylic acids is 1. The van der Waals surface area contributed by atoms with E-state index in [9.17, 15) is 14.0 Å². The second-order valence-electron chi connectivity index (χ2n) is 6.71. The van der Waals surface area contributed by atoms with Crippen LogP contribution >= 0.6 is 22.7 Å². The molecule has 1 aromatic carbocycles. The van der Waals surface area contributed by atoms with Crippen LogP contribution in [0.3, 0.4) is 0 Å². The van der Waals surface area contributed by atoms with Gasteiger partial charge in [0.2, 0.25) is 5.91 Å². The van der Waals surface area contributed by atoms with E-state index in [4.69, 9.17) is 0 Å². The van der Waals surface area contributed by atoms with Crippen molar-refractivity contribution in [3.05, 3.63) is 85.2 Å². The SMILES string of the molecule is Cc1sc2ncn(CC(=O)N[C@H](c3ccc(F)cc3)c3cccs3)c(=O)c2c1C. The van der Waals surface area contributed by atoms with Crippen LogP contribution in [0, 0.1) is 19.7 Å². The van der Waals surface area contributed by atoms with Gasteiger partial charge in [0.05, 0.1) is 17.8 Å². The van der Waals surface area contributed by atoms with Crippen LogP contribution in [0.2, 0.25) is 0 Å². The van der Waals surface area contributed by atoms with Crippen LogP contribution in [0.5, 0.6) is 0 Å². The fraction of sp³-hybridized carbons (Fsp3) is 0.190. The van der Waals surface area contributed by atoms with E-state index in [1.165, 1.54) is 45.7 Å². The van der Waals surface area contributed by atoms with Gasteiger partial charge in [0, 0.05) is 9.75 Å². The fourth-order valence-corrected chi connectivity index (χ4v) is 4.96. The summed E-state index contributed by atoms with van der Waals surface area (Å²) in [5.41, 5.74) is 1.45. The van der Waals surface area contributed by atoms with E-state index in [1.54, 1.807) is 12.1 Å². The molecular weight excluding hydrogens is 409 g/mol. The minimum Gasteiger partial charge on any atom is -0.343 e. The molecule has 0 spiro atoms. The van der Waals surface area contributed by atoms with Crippen molar-refractivity contribution in [1.82, 2.24) is 14.9 Å². The molecule has 0 aliphatic carbocycles. The molecule has 0 radical (unpaired) electrons. The molecule has 5 nitrogen and oxygen atoms in total. The third-order valence-electron chi connectivity index (χ3n) is 4.81. The molecule has 0 unspecified atom stereocenters. The Kier molecular flexibility index (Phi) is 5.29. The number of amides is 1. The topological polar surface area (TPSA) is 64.0 Å². The Morgan fingerprint density at radius 2 is 2.00 bits per heavy atom. The number of nitrogens with zero attached hydrogens (tertiary/aromatic N) is 2. The van der Waals surface area contributed by atoms with E-state index in [-0.39, 0.29) is 23.8 Å². The lowest BCUT2D eigenvalue weighted by molar-refractivity contribution is -0.122. The number of halogens is 1. The van der Waals surface area contributed by atoms with Crippen LogP contribution in [0.25, 0.3) is 10.2 Å². The number of aryl methyl sites for hydroxylation is 2. The van der Waals surface area contributed by atoms with Crippen molar-refractivity contribution in [2.24, 2.45) is 0 Å². The molecule has 1 N–H and O–H groups in total. The molecule has 0 fully saturated rings. The minimum atomic E-state index is -0.416. The quantitative estimate of drug-likeness (QED) is 0.520. The van der Waals surface area contributed by atoms with Crippen LogP contribution in [0.4, 0.5) is 4.39 Å². The molecule has 0 aliphatic rings. The number of carbonyl (C=O) groups is 1. The van der Waals surface area contributed by atoms with Crippen molar-refractivity contribution < 1.29 is 9.18 Å². The first-order valence-corrected chi connectivity index (χ1v) is 10.7. The normalized spacial score (nSPS) is 12.2. The lowest BCUT2D eigenvalue weighted by Crippen LogP contribution is -2.35. The van der Waals surface area contributed by atoms with Crippen molar-refractivity contribution >= 4 is 38.8 Å². The maximum absolute atomic E-state index is 13.3. The van der Waals surface area contributed by atoms with Gasteiger partial charge in [-0.2, -0.15) is 0 Å². The zero-order valence-corrected chi connectivity index (χ0v) is 17.4. The average molecular weight is 428 g/mol. The van der Waals surface area contributed by atoms with Crippen molar-refractivity contribution in [2.75, 3.05) is 0 Å². The third kappa shape index (κ3) is 3.86. The Bertz CT molecular complexity index is 1230. The van der Waals surface area contributed by atoms with Gasteiger partial charge in [-0.1, -0.05) is 18.2 Å². The van der Waals surface area contributed by atoms with Gasteiger partial charge < -0.3 is 5.32 Å². The number of hydrogen-bond acceptors (Lipinski definition) is 5. The standard InChI is InChI=1S/C21H18FN3O2S2/c1-12-13(2)29-20-18(12)21(27)25(11-23-20)10-17(26)24-19(16-4-3-9-28-16)14-5-7-15(22)8-6-14/h3-9,11,19H,10H2,1-2H3,(H,24,26)/t19-/m1/s1. The molecule has 148 valence electrons. The van der Waals surface area contributed by atoms with Gasteiger partial charge >= 0.3 is 0 Å². The van der Waals surface area contributed by atoms with Crippen LogP contribution in [0.15, 0.2) is 52.9 Å². The first-order chi connectivity index (χ1) is 13.9. The first kappa shape index (κ1) is 19.5. The van der Waals surface area contributed by atoms with E-state index in [0.717, 1.165) is 20.9 Å². The van der Waals surface area contributed by atoms with Gasteiger partial charge in [0.1, 0.15) is 17.2 Å². The largest absolute Gasteiger partial charge is 0.343 e. The molecule has 4 rings (SSSR count). The summed E-state index contributed by atoms with van der Waals surface area (Å²) < 4.78 is 14.6. The Labute approximate surface area is 174 Å². The van der Waals surface area contributed by atoms with Crippen LogP contribution in [-0.4, -0.2) is 15.5 Å². The molecule has 0 saturated heterocycles. The fourth-order valence-electron chi connectivity index (χ4n) is 3.17. The number of rotatable bonds is 5. The van der Waals surface area contributed by atoms with Crippen molar-refractivity contribution in [3.63, 3.8) is 0 Å². The number of nitrogens with one attached hydrogen (secondary N) is 1. The Morgan fingerprint density at radius 3 is 2.69 bits per heavy atom. The predicted molar refractivity (Wildman–Crippen MR) is 114 cm³/mol. The molecule has 0 bridgehead atoms. The van der Waals surface area contributed by atoms with E-state index in [2.05, 4.69) is 10.3 Å². The summed E-state index contributed by atoms with van der Waals surface area (Å²) in [6, 6.07) is 9.43. The van der Waals surface area contributed by atoms with Gasteiger partial charge in [-0.3, -0.25) is 14.2 Å². The zero-order chi connectivity index (χ0) is 20.5. The zero-order valence-electron chi connectivity index (χ0n) is 15.8. The molecule has 0 aliphatic heterocycles. The molecule has 8 heteroatoms. The van der Waals surface area contributed by atoms with Gasteiger partial charge in [-0.25, -0.2) is 9.37 Å². The van der Waals surface area contributed by atoms with Crippen LogP contribution in [0.1, 0.15) is 26.9 Å². The molecule has 3 heterocycles. The van der Waals surface area contributed by atoms with E-state index in [1.807, 2.05) is 31.4 Å². The summed E-state index contributed by atoms with van der Waals surface area (Å²) in [4.78, 5) is 32.6. The molecular formula is C21H18FN3O2S2. The maximum Gasteiger partial charge on any atom is 0.262 e. The van der Waals surface area contributed by atoms with E-state index >= 15 is 0 Å². The smallest absolute Gasteiger partial charge is 0.262 e. The van der Waals surface area contributed by atoms with Gasteiger partial charge in [-0.15, -0.1) is 22.7 Å². The number of hydrogen-bond donors (Lipinski definition) is 1. The maximum atomic E-state index is 13.3. The number of fused-ring (bicyclic) bond motifs is 1. The van der Waals surface area contributed by atoms with Gasteiger partial charge in [0.15, 0.2) is 0 Å². The Balaban J connectivity index is 1.61. The summed E-state index contributed by atoms with van der Waals surface area (Å²) in [6.07, 6.45) is 1.41. The summed E-state index contributed by atoms with van der Waals surface area (Å²) >= 11 is 2.97. The van der Waals surface area contributed by atoms with Gasteiger partial charge in [-0.05, 0) is 48.6 Å². The van der Waals surface area contributed by atoms with Gasteiger partial charge in [0.25, 0.3) is 5.56 Å². The van der Waals surface area contributed by atoms with Crippen LogP contribution in [-0.2, 0) is 11.3 Å². The van der Waals surface area contributed by atoms with E-state index in [0.29, 0.717) is 10.2 Å². The lowest BCUT2D eigenvalue weighted by Gasteiger charge is -2.18. The number of aromatic nitrogens is 2. The molecule has 4 aromatic rings. The monoisotopic (exact) mass is 427 g/mol. The highest BCUT2D eigenvalue weighted by atomic mass is 32.1. The molecule has 3 aromatic heterocycles. The van der Waals surface area contributed by atoms with Crippen molar-refractivity contribution in [3.8, 4) is 0 Å². The number of benzene rings is 1. The molecule has 1 amide bonds. The second kappa shape index (κ2) is 7.88. The van der Waals surface area contributed by atoms with Crippen LogP contribution < -0.4 is 10.9 Å². The lowest BCUT2D eigenvalue weighted by atomic mass is 10.1. The summed E-state index contributed by atoms with van der Waals surface area (Å²) in [6.45, 7) is 3.70. The minimum absolute atomic E-state index is 0.140. The molecule has 0 saturated carbocycles. The van der Waals surface area contributed by atoms with Crippen molar-refractivity contribution in [1.29, 1.82) is 0 Å². The highest BCUT2D eigenvalue weighted by molar-refractivity contribution is 7.18. The number of thiophene rings is 2. The average Bonchev–Trinajstić information content (AvgIpc) is 3.32. The second-order valence-corrected chi connectivity index (χ2v) is 8.89. The summed E-state index contributed by atoms with van der Waals surface area (Å²) in [5, 5.41) is 5.45. The first-order valence-electron chi connectivity index (χ1n) is 8.97. The highest BCUT2D eigenvalue weighted by Crippen LogP contribution is 2.27. The predicted octanol–water partition coefficient (Wildman–Crippen LogP) is 4.18. The molecule has 29 heavy (non-hydrogen) atoms. The Hall–Kier alpha value is -2.84. The molecule has 1 atom stereocenters. The van der Waals surface area contributed by atoms with Crippen molar-refractivity contribution in [2.45, 2.75) is 26.4 Å². The highest BCUT2D eigenvalue weighted by Gasteiger charge is 2.19. The summed E-state index contributed by atoms with van der Waals surface area (Å²) in [7, 11) is 0.